The molecular formula is C18H26N2O3. The molecule has 2 fully saturated rings. The van der Waals surface area contributed by atoms with E-state index in [0.717, 1.165) is 18.5 Å². The molecule has 0 bridgehead atoms. The lowest BCUT2D eigenvalue weighted by Crippen LogP contribution is -2.67. The Morgan fingerprint density at radius 2 is 2.30 bits per heavy atom. The third-order valence-electron chi connectivity index (χ3n) is 4.53. The van der Waals surface area contributed by atoms with Crippen LogP contribution < -0.4 is 0 Å². The lowest BCUT2D eigenvalue weighted by atomic mass is 9.84. The van der Waals surface area contributed by atoms with E-state index in [9.17, 15) is 4.79 Å². The monoisotopic (exact) mass is 318 g/mol. The lowest BCUT2D eigenvalue weighted by molar-refractivity contribution is -0.203. The highest BCUT2D eigenvalue weighted by Crippen LogP contribution is 2.36. The van der Waals surface area contributed by atoms with E-state index in [1.165, 1.54) is 0 Å². The first-order valence-corrected chi connectivity index (χ1v) is 8.50. The van der Waals surface area contributed by atoms with Crippen LogP contribution in [0.15, 0.2) is 24.4 Å². The van der Waals surface area contributed by atoms with E-state index in [1.807, 2.05) is 23.1 Å². The van der Waals surface area contributed by atoms with Gasteiger partial charge in [-0.3, -0.25) is 9.78 Å². The molecule has 1 aromatic heterocycles. The number of carbonyl (C=O) groups is 1. The first kappa shape index (κ1) is 16.4. The van der Waals surface area contributed by atoms with Crippen molar-refractivity contribution >= 4 is 5.91 Å². The van der Waals surface area contributed by atoms with Crippen LogP contribution in [0, 0.1) is 5.92 Å². The smallest absolute Gasteiger partial charge is 0.223 e. The molecule has 0 aliphatic carbocycles. The maximum atomic E-state index is 12.1. The fraction of sp³-hybridized carbons (Fsp3) is 0.667. The van der Waals surface area contributed by atoms with E-state index in [4.69, 9.17) is 9.47 Å². The summed E-state index contributed by atoms with van der Waals surface area (Å²) < 4.78 is 12.0. The van der Waals surface area contributed by atoms with Crippen LogP contribution in [-0.2, 0) is 20.9 Å². The molecule has 2 aliphatic heterocycles. The minimum atomic E-state index is -0.181. The number of ether oxygens (including phenoxy) is 2. The number of aromatic nitrogens is 1. The highest BCUT2D eigenvalue weighted by Gasteiger charge is 2.49. The van der Waals surface area contributed by atoms with Gasteiger partial charge in [0.05, 0.1) is 31.5 Å². The zero-order chi connectivity index (χ0) is 16.3. The third kappa shape index (κ3) is 4.09. The van der Waals surface area contributed by atoms with Gasteiger partial charge in [0.15, 0.2) is 0 Å². The Bertz CT molecular complexity index is 526. The molecule has 0 radical (unpaired) electrons. The zero-order valence-corrected chi connectivity index (χ0v) is 14.0. The summed E-state index contributed by atoms with van der Waals surface area (Å²) in [6.07, 6.45) is 4.37. The molecule has 1 atom stereocenters. The molecule has 2 saturated heterocycles. The summed E-state index contributed by atoms with van der Waals surface area (Å²) in [7, 11) is 0. The third-order valence-corrected chi connectivity index (χ3v) is 4.53. The molecule has 1 spiro atoms. The number of hydrogen-bond donors (Lipinski definition) is 0. The second-order valence-corrected chi connectivity index (χ2v) is 7.13. The molecule has 0 unspecified atom stereocenters. The van der Waals surface area contributed by atoms with Crippen LogP contribution in [0.25, 0.3) is 0 Å². The summed E-state index contributed by atoms with van der Waals surface area (Å²) >= 11 is 0. The predicted molar refractivity (Wildman–Crippen MR) is 86.8 cm³/mol. The number of hydrogen-bond acceptors (Lipinski definition) is 4. The maximum Gasteiger partial charge on any atom is 0.223 e. The first-order valence-electron chi connectivity index (χ1n) is 8.50. The molecule has 1 aromatic rings. The average molecular weight is 318 g/mol. The van der Waals surface area contributed by atoms with Crippen molar-refractivity contribution in [1.29, 1.82) is 0 Å². The van der Waals surface area contributed by atoms with Gasteiger partial charge in [0.1, 0.15) is 5.60 Å². The van der Waals surface area contributed by atoms with Crippen LogP contribution in [0.1, 0.15) is 38.8 Å². The largest absolute Gasteiger partial charge is 0.372 e. The van der Waals surface area contributed by atoms with Crippen molar-refractivity contribution in [2.75, 3.05) is 19.7 Å². The number of pyridine rings is 1. The standard InChI is InChI=1S/C18H26N2O3/c1-14(2)9-17(21)20-12-18(13-20)10-16(6-8-23-18)22-11-15-5-3-4-7-19-15/h3-5,7,14,16H,6,8-13H2,1-2H3/t16-/m0/s1. The molecule has 3 heterocycles. The van der Waals surface area contributed by atoms with Gasteiger partial charge in [-0.1, -0.05) is 19.9 Å². The normalized spacial score (nSPS) is 23.1. The molecule has 0 aromatic carbocycles. The number of rotatable bonds is 5. The molecular weight excluding hydrogens is 292 g/mol. The van der Waals surface area contributed by atoms with Crippen LogP contribution in [0.5, 0.6) is 0 Å². The van der Waals surface area contributed by atoms with Crippen molar-refractivity contribution in [1.82, 2.24) is 9.88 Å². The van der Waals surface area contributed by atoms with Crippen LogP contribution in [-0.4, -0.2) is 47.2 Å². The summed E-state index contributed by atoms with van der Waals surface area (Å²) in [4.78, 5) is 18.3. The Morgan fingerprint density at radius 3 is 3.00 bits per heavy atom. The summed E-state index contributed by atoms with van der Waals surface area (Å²) in [6.45, 7) is 6.82. The zero-order valence-electron chi connectivity index (χ0n) is 14.0. The SMILES string of the molecule is CC(C)CC(=O)N1CC2(C[C@@H](OCc3ccccn3)CCO2)C1. The van der Waals surface area contributed by atoms with Gasteiger partial charge in [0, 0.05) is 25.6 Å². The summed E-state index contributed by atoms with van der Waals surface area (Å²) in [5, 5.41) is 0. The minimum Gasteiger partial charge on any atom is -0.372 e. The molecule has 0 N–H and O–H groups in total. The van der Waals surface area contributed by atoms with E-state index in [-0.39, 0.29) is 17.6 Å². The van der Waals surface area contributed by atoms with Gasteiger partial charge >= 0.3 is 0 Å². The van der Waals surface area contributed by atoms with Gasteiger partial charge < -0.3 is 14.4 Å². The highest BCUT2D eigenvalue weighted by atomic mass is 16.5. The summed E-state index contributed by atoms with van der Waals surface area (Å²) in [5.74, 6) is 0.645. The van der Waals surface area contributed by atoms with Crippen molar-refractivity contribution < 1.29 is 14.3 Å². The van der Waals surface area contributed by atoms with E-state index < -0.39 is 0 Å². The minimum absolute atomic E-state index is 0.181. The Morgan fingerprint density at radius 1 is 1.48 bits per heavy atom. The lowest BCUT2D eigenvalue weighted by Gasteiger charge is -2.53. The van der Waals surface area contributed by atoms with Crippen molar-refractivity contribution in [3.63, 3.8) is 0 Å². The van der Waals surface area contributed by atoms with Crippen molar-refractivity contribution in [3.8, 4) is 0 Å². The van der Waals surface area contributed by atoms with Gasteiger partial charge in [-0.25, -0.2) is 0 Å². The van der Waals surface area contributed by atoms with Gasteiger partial charge in [-0.15, -0.1) is 0 Å². The number of amides is 1. The first-order chi connectivity index (χ1) is 11.1. The number of carbonyl (C=O) groups excluding carboxylic acids is 1. The molecule has 2 aliphatic rings. The van der Waals surface area contributed by atoms with Crippen LogP contribution >= 0.6 is 0 Å². The van der Waals surface area contributed by atoms with E-state index in [2.05, 4.69) is 18.8 Å². The summed E-state index contributed by atoms with van der Waals surface area (Å²) in [6, 6.07) is 5.86. The van der Waals surface area contributed by atoms with Gasteiger partial charge in [-0.05, 0) is 24.5 Å². The van der Waals surface area contributed by atoms with Crippen molar-refractivity contribution in [2.45, 2.75) is 51.4 Å². The van der Waals surface area contributed by atoms with E-state index in [0.29, 0.717) is 38.6 Å². The fourth-order valence-electron chi connectivity index (χ4n) is 3.34. The second kappa shape index (κ2) is 6.97. The van der Waals surface area contributed by atoms with E-state index >= 15 is 0 Å². The van der Waals surface area contributed by atoms with Crippen LogP contribution in [0.2, 0.25) is 0 Å². The van der Waals surface area contributed by atoms with Crippen molar-refractivity contribution in [3.05, 3.63) is 30.1 Å². The topological polar surface area (TPSA) is 51.7 Å². The Hall–Kier alpha value is -1.46. The second-order valence-electron chi connectivity index (χ2n) is 7.13. The molecule has 5 heteroatoms. The molecule has 3 rings (SSSR count). The van der Waals surface area contributed by atoms with Gasteiger partial charge in [0.25, 0.3) is 0 Å². The number of nitrogens with zero attached hydrogens (tertiary/aromatic N) is 2. The Labute approximate surface area is 138 Å². The molecule has 0 saturated carbocycles. The Kier molecular flexibility index (Phi) is 4.97. The molecule has 23 heavy (non-hydrogen) atoms. The van der Waals surface area contributed by atoms with Gasteiger partial charge in [-0.2, -0.15) is 0 Å². The van der Waals surface area contributed by atoms with Crippen molar-refractivity contribution in [2.24, 2.45) is 5.92 Å². The fourth-order valence-corrected chi connectivity index (χ4v) is 3.34. The van der Waals surface area contributed by atoms with Crippen LogP contribution in [0.3, 0.4) is 0 Å². The van der Waals surface area contributed by atoms with Crippen LogP contribution in [0.4, 0.5) is 0 Å². The maximum absolute atomic E-state index is 12.1. The quantitative estimate of drug-likeness (QED) is 0.836. The van der Waals surface area contributed by atoms with E-state index in [1.54, 1.807) is 6.20 Å². The highest BCUT2D eigenvalue weighted by molar-refractivity contribution is 5.77. The van der Waals surface area contributed by atoms with Gasteiger partial charge in [0.2, 0.25) is 5.91 Å². The number of likely N-dealkylation sites (tertiary alicyclic amines) is 1. The predicted octanol–water partition coefficient (Wildman–Crippen LogP) is 2.40. The molecule has 1 amide bonds. The molecule has 5 nitrogen and oxygen atoms in total. The molecule has 126 valence electrons. The summed E-state index contributed by atoms with van der Waals surface area (Å²) in [5.41, 5.74) is 0.773. The Balaban J connectivity index is 1.47. The average Bonchev–Trinajstić information content (AvgIpc) is 2.51.